The van der Waals surface area contributed by atoms with E-state index in [0.29, 0.717) is 13.0 Å². The van der Waals surface area contributed by atoms with E-state index in [1.165, 1.54) is 22.4 Å². The molecule has 2 saturated heterocycles. The number of para-hydroxylation sites is 1. The number of benzene rings is 4. The molecule has 6 rings (SSSR count). The smallest absolute Gasteiger partial charge is 0.328 e. The van der Waals surface area contributed by atoms with Crippen molar-refractivity contribution in [1.29, 1.82) is 0 Å². The van der Waals surface area contributed by atoms with Crippen molar-refractivity contribution in [1.82, 2.24) is 10.2 Å². The van der Waals surface area contributed by atoms with Gasteiger partial charge in [0.05, 0.1) is 0 Å². The highest BCUT2D eigenvalue weighted by atomic mass is 16.3. The number of nitrogens with one attached hydrogen (secondary N) is 1. The first-order chi connectivity index (χ1) is 21.5. The molecule has 224 valence electrons. The Bertz CT molecular complexity index is 1640. The SMILES string of the molecule is CCC(=C(c1ccc(O)cc1)c1ccc(N2CCN(Cc3ccccc3N3CCC(=O)NC3=O)CC2)cc1)c1ccccc1. The van der Waals surface area contributed by atoms with Crippen LogP contribution < -0.4 is 15.1 Å². The molecule has 7 nitrogen and oxygen atoms in total. The first-order valence-electron chi connectivity index (χ1n) is 15.3. The van der Waals surface area contributed by atoms with Gasteiger partial charge < -0.3 is 10.0 Å². The molecule has 0 bridgehead atoms. The molecule has 2 N–H and O–H groups in total. The molecule has 4 aromatic carbocycles. The van der Waals surface area contributed by atoms with Crippen molar-refractivity contribution < 1.29 is 14.7 Å². The summed E-state index contributed by atoms with van der Waals surface area (Å²) in [7, 11) is 0. The standard InChI is InChI=1S/C37H38N4O3/c1-2-33(27-8-4-3-5-9-27)36(29-14-18-32(42)19-15-29)28-12-16-31(17-13-28)40-24-22-39(23-25-40)26-30-10-6-7-11-34(30)41-21-20-35(43)38-37(41)44/h3-19,42H,2,20-26H2,1H3,(H,38,43,44). The summed E-state index contributed by atoms with van der Waals surface area (Å²) >= 11 is 0. The fourth-order valence-corrected chi connectivity index (χ4v) is 6.25. The molecular weight excluding hydrogens is 548 g/mol. The predicted octanol–water partition coefficient (Wildman–Crippen LogP) is 6.53. The van der Waals surface area contributed by atoms with Crippen LogP contribution in [0.2, 0.25) is 0 Å². The number of piperazine rings is 1. The normalized spacial score (nSPS) is 16.5. The third kappa shape index (κ3) is 6.38. The van der Waals surface area contributed by atoms with E-state index in [2.05, 4.69) is 76.6 Å². The summed E-state index contributed by atoms with van der Waals surface area (Å²) in [4.78, 5) is 30.7. The lowest BCUT2D eigenvalue weighted by atomic mass is 9.88. The van der Waals surface area contributed by atoms with Crippen LogP contribution in [0.5, 0.6) is 5.75 Å². The second-order valence-electron chi connectivity index (χ2n) is 11.3. The minimum Gasteiger partial charge on any atom is -0.508 e. The van der Waals surface area contributed by atoms with E-state index in [1.54, 1.807) is 17.0 Å². The van der Waals surface area contributed by atoms with Crippen LogP contribution in [-0.4, -0.2) is 54.7 Å². The summed E-state index contributed by atoms with van der Waals surface area (Å²) in [6.07, 6.45) is 1.20. The largest absolute Gasteiger partial charge is 0.508 e. The van der Waals surface area contributed by atoms with Gasteiger partial charge >= 0.3 is 6.03 Å². The summed E-state index contributed by atoms with van der Waals surface area (Å²) < 4.78 is 0. The topological polar surface area (TPSA) is 76.1 Å². The van der Waals surface area contributed by atoms with Crippen LogP contribution >= 0.6 is 0 Å². The molecular formula is C37H38N4O3. The van der Waals surface area contributed by atoms with Crippen molar-refractivity contribution in [2.24, 2.45) is 0 Å². The average Bonchev–Trinajstić information content (AvgIpc) is 3.06. The molecule has 0 atom stereocenters. The number of urea groups is 1. The Kier molecular flexibility index (Phi) is 8.75. The molecule has 3 amide bonds. The van der Waals surface area contributed by atoms with Gasteiger partial charge in [-0.2, -0.15) is 0 Å². The Morgan fingerprint density at radius 3 is 2.02 bits per heavy atom. The first-order valence-corrected chi connectivity index (χ1v) is 15.3. The molecule has 7 heteroatoms. The number of allylic oxidation sites excluding steroid dienone is 1. The zero-order chi connectivity index (χ0) is 30.5. The van der Waals surface area contributed by atoms with Crippen LogP contribution in [0.4, 0.5) is 16.2 Å². The van der Waals surface area contributed by atoms with Crippen LogP contribution in [0.1, 0.15) is 42.0 Å². The quantitative estimate of drug-likeness (QED) is 0.230. The highest BCUT2D eigenvalue weighted by molar-refractivity contribution is 6.06. The fraction of sp³-hybridized carbons (Fsp3) is 0.243. The number of rotatable bonds is 8. The average molecular weight is 587 g/mol. The zero-order valence-electron chi connectivity index (χ0n) is 25.1. The van der Waals surface area contributed by atoms with Gasteiger partial charge in [-0.25, -0.2) is 4.79 Å². The minimum atomic E-state index is -0.347. The van der Waals surface area contributed by atoms with Gasteiger partial charge in [0, 0.05) is 57.1 Å². The second-order valence-corrected chi connectivity index (χ2v) is 11.3. The molecule has 0 radical (unpaired) electrons. The Hall–Kier alpha value is -4.88. The zero-order valence-corrected chi connectivity index (χ0v) is 25.1. The van der Waals surface area contributed by atoms with Crippen molar-refractivity contribution in [3.63, 3.8) is 0 Å². The van der Waals surface area contributed by atoms with Gasteiger partial charge in [-0.05, 0) is 70.2 Å². The van der Waals surface area contributed by atoms with Gasteiger partial charge in [-0.15, -0.1) is 0 Å². The lowest BCUT2D eigenvalue weighted by Crippen LogP contribution is -2.50. The number of hydrogen-bond donors (Lipinski definition) is 2. The van der Waals surface area contributed by atoms with E-state index in [4.69, 9.17) is 0 Å². The Labute approximate surface area is 259 Å². The van der Waals surface area contributed by atoms with E-state index in [9.17, 15) is 14.7 Å². The Morgan fingerprint density at radius 2 is 1.36 bits per heavy atom. The van der Waals surface area contributed by atoms with Gasteiger partial charge in [0.2, 0.25) is 5.91 Å². The van der Waals surface area contributed by atoms with Crippen molar-refractivity contribution in [3.05, 3.63) is 125 Å². The highest BCUT2D eigenvalue weighted by Crippen LogP contribution is 2.36. The number of carbonyl (C=O) groups is 2. The van der Waals surface area contributed by atoms with E-state index >= 15 is 0 Å². The van der Waals surface area contributed by atoms with Crippen molar-refractivity contribution >= 4 is 34.5 Å². The number of amides is 3. The first kappa shape index (κ1) is 29.2. The van der Waals surface area contributed by atoms with Crippen molar-refractivity contribution in [3.8, 4) is 5.75 Å². The monoisotopic (exact) mass is 586 g/mol. The van der Waals surface area contributed by atoms with Crippen LogP contribution in [0.15, 0.2) is 103 Å². The lowest BCUT2D eigenvalue weighted by Gasteiger charge is -2.37. The summed E-state index contributed by atoms with van der Waals surface area (Å²) in [5.74, 6) is 0.0415. The number of nitrogens with zero attached hydrogens (tertiary/aromatic N) is 3. The molecule has 0 unspecified atom stereocenters. The molecule has 0 aliphatic carbocycles. The van der Waals surface area contributed by atoms with Gasteiger partial charge in [0.25, 0.3) is 0 Å². The number of phenols is 1. The Morgan fingerprint density at radius 1 is 0.727 bits per heavy atom. The molecule has 0 aromatic heterocycles. The van der Waals surface area contributed by atoms with Crippen LogP contribution in [0, 0.1) is 0 Å². The van der Waals surface area contributed by atoms with E-state index < -0.39 is 0 Å². The van der Waals surface area contributed by atoms with Gasteiger partial charge in [0.1, 0.15) is 5.75 Å². The summed E-state index contributed by atoms with van der Waals surface area (Å²) in [5, 5.41) is 12.4. The van der Waals surface area contributed by atoms with Crippen molar-refractivity contribution in [2.75, 3.05) is 42.5 Å². The minimum absolute atomic E-state index is 0.220. The number of phenolic OH excluding ortho intramolecular Hbond substituents is 1. The molecule has 44 heavy (non-hydrogen) atoms. The molecule has 2 aliphatic rings. The number of carbonyl (C=O) groups excluding carboxylic acids is 2. The van der Waals surface area contributed by atoms with E-state index in [-0.39, 0.29) is 17.7 Å². The maximum atomic E-state index is 12.5. The van der Waals surface area contributed by atoms with Gasteiger partial charge in [-0.1, -0.05) is 79.7 Å². The fourth-order valence-electron chi connectivity index (χ4n) is 6.25. The molecule has 2 aliphatic heterocycles. The maximum Gasteiger partial charge on any atom is 0.328 e. The predicted molar refractivity (Wildman–Crippen MR) is 177 cm³/mol. The summed E-state index contributed by atoms with van der Waals surface area (Å²) in [6, 6.07) is 34.5. The van der Waals surface area contributed by atoms with E-state index in [0.717, 1.165) is 61.5 Å². The number of hydrogen-bond acceptors (Lipinski definition) is 5. The van der Waals surface area contributed by atoms with Gasteiger partial charge in [0.15, 0.2) is 0 Å². The third-order valence-electron chi connectivity index (χ3n) is 8.56. The molecule has 4 aromatic rings. The van der Waals surface area contributed by atoms with Gasteiger partial charge in [-0.3, -0.25) is 19.9 Å². The summed E-state index contributed by atoms with van der Waals surface area (Å²) in [6.45, 7) is 6.98. The van der Waals surface area contributed by atoms with Crippen molar-refractivity contribution in [2.45, 2.75) is 26.3 Å². The van der Waals surface area contributed by atoms with Crippen LogP contribution in [0.25, 0.3) is 11.1 Å². The lowest BCUT2D eigenvalue weighted by molar-refractivity contribution is -0.120. The molecule has 0 spiro atoms. The highest BCUT2D eigenvalue weighted by Gasteiger charge is 2.27. The van der Waals surface area contributed by atoms with Crippen LogP contribution in [0.3, 0.4) is 0 Å². The number of anilines is 2. The number of aromatic hydroxyl groups is 1. The molecule has 0 saturated carbocycles. The maximum absolute atomic E-state index is 12.5. The Balaban J connectivity index is 1.17. The third-order valence-corrected chi connectivity index (χ3v) is 8.56. The molecule has 2 fully saturated rings. The number of imide groups is 1. The van der Waals surface area contributed by atoms with Crippen LogP contribution in [-0.2, 0) is 11.3 Å². The molecule has 2 heterocycles. The second kappa shape index (κ2) is 13.2. The summed E-state index contributed by atoms with van der Waals surface area (Å²) in [5.41, 5.74) is 9.05. The van der Waals surface area contributed by atoms with E-state index in [1.807, 2.05) is 36.4 Å².